The Morgan fingerprint density at radius 3 is 2.88 bits per heavy atom. The van der Waals surface area contributed by atoms with E-state index in [2.05, 4.69) is 6.92 Å². The monoisotopic (exact) mass is 219 g/mol. The first-order valence-electron chi connectivity index (χ1n) is 5.75. The topological polar surface area (TPSA) is 40.5 Å². The van der Waals surface area contributed by atoms with Gasteiger partial charge >= 0.3 is 0 Å². The third kappa shape index (κ3) is 2.18. The number of amides is 1. The number of carbonyl (C=O) groups is 1. The molecule has 1 aromatic rings. The van der Waals surface area contributed by atoms with Gasteiger partial charge in [-0.15, -0.1) is 0 Å². The number of carbonyl (C=O) groups excluding carboxylic acids is 1. The molecule has 1 heterocycles. The average molecular weight is 219 g/mol. The molecule has 1 fully saturated rings. The van der Waals surface area contributed by atoms with E-state index in [1.807, 2.05) is 4.90 Å². The van der Waals surface area contributed by atoms with E-state index in [0.717, 1.165) is 19.5 Å². The second-order valence-corrected chi connectivity index (χ2v) is 4.52. The zero-order chi connectivity index (χ0) is 11.5. The van der Waals surface area contributed by atoms with Gasteiger partial charge in [-0.2, -0.15) is 0 Å². The first kappa shape index (κ1) is 11.0. The first-order chi connectivity index (χ1) is 7.68. The molecular weight excluding hydrogens is 202 g/mol. The van der Waals surface area contributed by atoms with E-state index in [9.17, 15) is 9.90 Å². The Bertz CT molecular complexity index is 389. The van der Waals surface area contributed by atoms with Crippen LogP contribution in [0, 0.1) is 5.92 Å². The van der Waals surface area contributed by atoms with E-state index in [1.165, 1.54) is 6.42 Å². The van der Waals surface area contributed by atoms with Crippen LogP contribution >= 0.6 is 0 Å². The molecule has 1 unspecified atom stereocenters. The number of benzene rings is 1. The molecule has 1 amide bonds. The van der Waals surface area contributed by atoms with Crippen molar-refractivity contribution in [2.75, 3.05) is 13.1 Å². The molecule has 86 valence electrons. The van der Waals surface area contributed by atoms with Gasteiger partial charge in [-0.05, 0) is 30.9 Å². The summed E-state index contributed by atoms with van der Waals surface area (Å²) in [7, 11) is 0. The van der Waals surface area contributed by atoms with Gasteiger partial charge in [0.25, 0.3) is 5.91 Å². The third-order valence-electron chi connectivity index (χ3n) is 3.08. The van der Waals surface area contributed by atoms with E-state index >= 15 is 0 Å². The summed E-state index contributed by atoms with van der Waals surface area (Å²) < 4.78 is 0. The van der Waals surface area contributed by atoms with Crippen molar-refractivity contribution in [3.63, 3.8) is 0 Å². The van der Waals surface area contributed by atoms with Gasteiger partial charge < -0.3 is 10.0 Å². The predicted molar refractivity (Wildman–Crippen MR) is 62.4 cm³/mol. The number of hydrogen-bond donors (Lipinski definition) is 1. The van der Waals surface area contributed by atoms with Crippen LogP contribution in [0.15, 0.2) is 24.3 Å². The summed E-state index contributed by atoms with van der Waals surface area (Å²) in [5, 5.41) is 9.63. The second-order valence-electron chi connectivity index (χ2n) is 4.52. The molecule has 1 saturated heterocycles. The largest absolute Gasteiger partial charge is 0.507 e. The molecule has 0 radical (unpaired) electrons. The maximum absolute atomic E-state index is 12.1. The van der Waals surface area contributed by atoms with Crippen LogP contribution < -0.4 is 0 Å². The van der Waals surface area contributed by atoms with Crippen molar-refractivity contribution in [2.24, 2.45) is 5.92 Å². The number of nitrogens with zero attached hydrogens (tertiary/aromatic N) is 1. The SMILES string of the molecule is CC1CCCN(C(=O)c2ccccc2O)C1. The normalized spacial score (nSPS) is 20.8. The fourth-order valence-corrected chi connectivity index (χ4v) is 2.20. The van der Waals surface area contributed by atoms with Crippen LogP contribution in [-0.2, 0) is 0 Å². The van der Waals surface area contributed by atoms with E-state index in [0.29, 0.717) is 11.5 Å². The second kappa shape index (κ2) is 4.56. The fourth-order valence-electron chi connectivity index (χ4n) is 2.20. The molecule has 0 bridgehead atoms. The average Bonchev–Trinajstić information content (AvgIpc) is 2.29. The van der Waals surface area contributed by atoms with Crippen LogP contribution in [0.4, 0.5) is 0 Å². The summed E-state index contributed by atoms with van der Waals surface area (Å²) in [6, 6.07) is 6.74. The van der Waals surface area contributed by atoms with Gasteiger partial charge in [-0.25, -0.2) is 0 Å². The molecule has 1 atom stereocenters. The quantitative estimate of drug-likeness (QED) is 0.787. The van der Waals surface area contributed by atoms with Crippen LogP contribution in [-0.4, -0.2) is 29.0 Å². The number of likely N-dealkylation sites (tertiary alicyclic amines) is 1. The van der Waals surface area contributed by atoms with Crippen LogP contribution in [0.5, 0.6) is 5.75 Å². The van der Waals surface area contributed by atoms with Gasteiger partial charge in [0.15, 0.2) is 0 Å². The smallest absolute Gasteiger partial charge is 0.257 e. The van der Waals surface area contributed by atoms with Crippen LogP contribution in [0.2, 0.25) is 0 Å². The van der Waals surface area contributed by atoms with Gasteiger partial charge in [0, 0.05) is 13.1 Å². The zero-order valence-corrected chi connectivity index (χ0v) is 9.52. The van der Waals surface area contributed by atoms with Crippen LogP contribution in [0.1, 0.15) is 30.1 Å². The number of phenolic OH excluding ortho intramolecular Hbond substituents is 1. The van der Waals surface area contributed by atoms with Crippen molar-refractivity contribution in [1.29, 1.82) is 0 Å². The molecule has 1 aliphatic heterocycles. The summed E-state index contributed by atoms with van der Waals surface area (Å²) in [5.41, 5.74) is 0.414. The minimum Gasteiger partial charge on any atom is -0.507 e. The molecule has 3 nitrogen and oxygen atoms in total. The molecule has 0 saturated carbocycles. The molecule has 1 N–H and O–H groups in total. The van der Waals surface area contributed by atoms with Crippen LogP contribution in [0.25, 0.3) is 0 Å². The number of rotatable bonds is 1. The molecule has 16 heavy (non-hydrogen) atoms. The Labute approximate surface area is 95.7 Å². The number of piperidine rings is 1. The Kier molecular flexibility index (Phi) is 3.13. The highest BCUT2D eigenvalue weighted by Crippen LogP contribution is 2.22. The van der Waals surface area contributed by atoms with Crippen molar-refractivity contribution in [3.05, 3.63) is 29.8 Å². The molecular formula is C13H17NO2. The standard InChI is InChI=1S/C13H17NO2/c1-10-5-4-8-14(9-10)13(16)11-6-2-3-7-12(11)15/h2-3,6-7,10,15H,4-5,8-9H2,1H3. The lowest BCUT2D eigenvalue weighted by Gasteiger charge is -2.31. The highest BCUT2D eigenvalue weighted by molar-refractivity contribution is 5.96. The maximum Gasteiger partial charge on any atom is 0.257 e. The van der Waals surface area contributed by atoms with Crippen LogP contribution in [0.3, 0.4) is 0 Å². The summed E-state index contributed by atoms with van der Waals surface area (Å²) in [4.78, 5) is 14.0. The number of para-hydroxylation sites is 1. The van der Waals surface area contributed by atoms with Crippen molar-refractivity contribution >= 4 is 5.91 Å². The lowest BCUT2D eigenvalue weighted by molar-refractivity contribution is 0.0680. The number of phenols is 1. The van der Waals surface area contributed by atoms with Gasteiger partial charge in [0.05, 0.1) is 5.56 Å². The van der Waals surface area contributed by atoms with Gasteiger partial charge in [-0.3, -0.25) is 4.79 Å². The summed E-state index contributed by atoms with van der Waals surface area (Å²) in [6.07, 6.45) is 2.24. The zero-order valence-electron chi connectivity index (χ0n) is 9.52. The first-order valence-corrected chi connectivity index (χ1v) is 5.75. The fraction of sp³-hybridized carbons (Fsp3) is 0.462. The van der Waals surface area contributed by atoms with Gasteiger partial charge in [-0.1, -0.05) is 19.1 Å². The Balaban J connectivity index is 2.16. The van der Waals surface area contributed by atoms with Gasteiger partial charge in [0.1, 0.15) is 5.75 Å². The third-order valence-corrected chi connectivity index (χ3v) is 3.08. The minimum atomic E-state index is -0.0512. The maximum atomic E-state index is 12.1. The molecule has 0 aliphatic carbocycles. The Morgan fingerprint density at radius 1 is 1.44 bits per heavy atom. The summed E-state index contributed by atoms with van der Waals surface area (Å²) in [6.45, 7) is 3.76. The lowest BCUT2D eigenvalue weighted by atomic mass is 9.99. The predicted octanol–water partition coefficient (Wildman–Crippen LogP) is 2.26. The highest BCUT2D eigenvalue weighted by Gasteiger charge is 2.23. The van der Waals surface area contributed by atoms with E-state index in [1.54, 1.807) is 24.3 Å². The molecule has 1 aliphatic rings. The lowest BCUT2D eigenvalue weighted by Crippen LogP contribution is -2.39. The molecule has 1 aromatic carbocycles. The van der Waals surface area contributed by atoms with Gasteiger partial charge in [0.2, 0.25) is 0 Å². The molecule has 0 aromatic heterocycles. The Morgan fingerprint density at radius 2 is 2.19 bits per heavy atom. The highest BCUT2D eigenvalue weighted by atomic mass is 16.3. The van der Waals surface area contributed by atoms with Crippen molar-refractivity contribution in [2.45, 2.75) is 19.8 Å². The molecule has 0 spiro atoms. The molecule has 3 heteroatoms. The molecule has 2 rings (SSSR count). The van der Waals surface area contributed by atoms with E-state index < -0.39 is 0 Å². The number of aromatic hydroxyl groups is 1. The summed E-state index contributed by atoms with van der Waals surface area (Å²) >= 11 is 0. The van der Waals surface area contributed by atoms with Crippen molar-refractivity contribution < 1.29 is 9.90 Å². The van der Waals surface area contributed by atoms with Crippen molar-refractivity contribution in [3.8, 4) is 5.75 Å². The summed E-state index contributed by atoms with van der Waals surface area (Å²) in [5.74, 6) is 0.582. The number of hydrogen-bond acceptors (Lipinski definition) is 2. The van der Waals surface area contributed by atoms with E-state index in [-0.39, 0.29) is 11.7 Å². The Hall–Kier alpha value is -1.51. The van der Waals surface area contributed by atoms with E-state index in [4.69, 9.17) is 0 Å². The minimum absolute atomic E-state index is 0.0512. The van der Waals surface area contributed by atoms with Crippen molar-refractivity contribution in [1.82, 2.24) is 4.90 Å².